The van der Waals surface area contributed by atoms with Gasteiger partial charge in [0.15, 0.2) is 11.5 Å². The summed E-state index contributed by atoms with van der Waals surface area (Å²) in [4.78, 5) is 10.9. The summed E-state index contributed by atoms with van der Waals surface area (Å²) in [6.45, 7) is 2.47. The fraction of sp³-hybridized carbons (Fsp3) is 0.500. The van der Waals surface area contributed by atoms with Crippen molar-refractivity contribution in [3.63, 3.8) is 0 Å². The highest BCUT2D eigenvalue weighted by Gasteiger charge is 2.20. The summed E-state index contributed by atoms with van der Waals surface area (Å²) in [7, 11) is 0. The molecule has 0 unspecified atom stereocenters. The van der Waals surface area contributed by atoms with Crippen LogP contribution in [0, 0.1) is 0 Å². The molecule has 1 fully saturated rings. The van der Waals surface area contributed by atoms with E-state index in [1.807, 2.05) is 6.92 Å². The number of halogens is 1. The minimum absolute atomic E-state index is 0.266. The highest BCUT2D eigenvalue weighted by Crippen LogP contribution is 2.39. The number of rotatable bonds is 5. The molecule has 0 radical (unpaired) electrons. The van der Waals surface area contributed by atoms with Crippen molar-refractivity contribution in [2.24, 2.45) is 0 Å². The Balaban J connectivity index is 2.27. The molecular formula is C14H17BrO3. The maximum atomic E-state index is 10.9. The average Bonchev–Trinajstić information content (AvgIpc) is 2.86. The number of benzene rings is 1. The zero-order valence-corrected chi connectivity index (χ0v) is 12.0. The van der Waals surface area contributed by atoms with Gasteiger partial charge in [0.1, 0.15) is 6.29 Å². The molecule has 3 nitrogen and oxygen atoms in total. The molecular weight excluding hydrogens is 296 g/mol. The molecule has 1 aliphatic rings. The highest BCUT2D eigenvalue weighted by molar-refractivity contribution is 9.10. The van der Waals surface area contributed by atoms with Crippen LogP contribution < -0.4 is 9.47 Å². The van der Waals surface area contributed by atoms with E-state index in [9.17, 15) is 4.79 Å². The molecule has 0 atom stereocenters. The summed E-state index contributed by atoms with van der Waals surface area (Å²) in [5, 5.41) is 0. The molecule has 0 aromatic heterocycles. The number of aldehydes is 1. The lowest BCUT2D eigenvalue weighted by Crippen LogP contribution is -2.12. The van der Waals surface area contributed by atoms with Gasteiger partial charge in [0, 0.05) is 5.56 Å². The quantitative estimate of drug-likeness (QED) is 0.771. The van der Waals surface area contributed by atoms with Gasteiger partial charge in [-0.15, -0.1) is 0 Å². The lowest BCUT2D eigenvalue weighted by atomic mass is 10.2. The van der Waals surface area contributed by atoms with Crippen LogP contribution in [0.3, 0.4) is 0 Å². The van der Waals surface area contributed by atoms with Crippen molar-refractivity contribution in [2.75, 3.05) is 6.61 Å². The lowest BCUT2D eigenvalue weighted by molar-refractivity contribution is 0.112. The molecule has 0 aliphatic heterocycles. The Morgan fingerprint density at radius 1 is 1.39 bits per heavy atom. The first-order valence-corrected chi connectivity index (χ1v) is 7.12. The minimum Gasteiger partial charge on any atom is -0.490 e. The van der Waals surface area contributed by atoms with Crippen molar-refractivity contribution in [2.45, 2.75) is 38.7 Å². The van der Waals surface area contributed by atoms with Gasteiger partial charge in [-0.1, -0.05) is 0 Å². The third kappa shape index (κ3) is 3.05. The third-order valence-electron chi connectivity index (χ3n) is 3.05. The Labute approximate surface area is 116 Å². The molecule has 2 rings (SSSR count). The number of hydrogen-bond donors (Lipinski definition) is 0. The van der Waals surface area contributed by atoms with Gasteiger partial charge in [-0.3, -0.25) is 4.79 Å². The van der Waals surface area contributed by atoms with Crippen LogP contribution >= 0.6 is 15.9 Å². The SMILES string of the molecule is CCOc1cc(C=O)cc(Br)c1OC1CCCC1. The van der Waals surface area contributed by atoms with E-state index < -0.39 is 0 Å². The van der Waals surface area contributed by atoms with Gasteiger partial charge in [-0.05, 0) is 60.7 Å². The van der Waals surface area contributed by atoms with Crippen LogP contribution in [-0.2, 0) is 0 Å². The second-order valence-corrected chi connectivity index (χ2v) is 5.26. The van der Waals surface area contributed by atoms with Crippen molar-refractivity contribution in [1.82, 2.24) is 0 Å². The average molecular weight is 313 g/mol. The van der Waals surface area contributed by atoms with E-state index in [0.717, 1.165) is 23.6 Å². The molecule has 98 valence electrons. The molecule has 18 heavy (non-hydrogen) atoms. The van der Waals surface area contributed by atoms with Crippen LogP contribution in [-0.4, -0.2) is 19.0 Å². The zero-order valence-electron chi connectivity index (χ0n) is 10.4. The molecule has 0 heterocycles. The van der Waals surface area contributed by atoms with Gasteiger partial charge in [0.25, 0.3) is 0 Å². The molecule has 0 bridgehead atoms. The van der Waals surface area contributed by atoms with Gasteiger partial charge in [-0.2, -0.15) is 0 Å². The van der Waals surface area contributed by atoms with Gasteiger partial charge >= 0.3 is 0 Å². The fourth-order valence-corrected chi connectivity index (χ4v) is 2.76. The van der Waals surface area contributed by atoms with Crippen LogP contribution in [0.5, 0.6) is 11.5 Å². The van der Waals surface area contributed by atoms with E-state index in [-0.39, 0.29) is 6.10 Å². The van der Waals surface area contributed by atoms with E-state index in [4.69, 9.17) is 9.47 Å². The number of ether oxygens (including phenoxy) is 2. The maximum absolute atomic E-state index is 10.9. The summed E-state index contributed by atoms with van der Waals surface area (Å²) in [5.41, 5.74) is 0.587. The number of carbonyl (C=O) groups excluding carboxylic acids is 1. The zero-order chi connectivity index (χ0) is 13.0. The Kier molecular flexibility index (Phi) is 4.64. The molecule has 1 aliphatic carbocycles. The normalized spacial score (nSPS) is 15.7. The fourth-order valence-electron chi connectivity index (χ4n) is 2.21. The van der Waals surface area contributed by atoms with E-state index in [1.54, 1.807) is 12.1 Å². The second-order valence-electron chi connectivity index (χ2n) is 4.41. The molecule has 0 amide bonds. The van der Waals surface area contributed by atoms with Crippen molar-refractivity contribution in [3.05, 3.63) is 22.2 Å². The largest absolute Gasteiger partial charge is 0.490 e. The molecule has 1 aromatic rings. The van der Waals surface area contributed by atoms with Crippen molar-refractivity contribution >= 4 is 22.2 Å². The summed E-state index contributed by atoms with van der Waals surface area (Å²) >= 11 is 3.45. The first kappa shape index (κ1) is 13.4. The van der Waals surface area contributed by atoms with Crippen molar-refractivity contribution < 1.29 is 14.3 Å². The summed E-state index contributed by atoms with van der Waals surface area (Å²) < 4.78 is 12.3. The molecule has 0 saturated heterocycles. The van der Waals surface area contributed by atoms with Crippen LogP contribution in [0.15, 0.2) is 16.6 Å². The minimum atomic E-state index is 0.266. The Morgan fingerprint density at radius 2 is 2.11 bits per heavy atom. The lowest BCUT2D eigenvalue weighted by Gasteiger charge is -2.18. The van der Waals surface area contributed by atoms with Crippen molar-refractivity contribution in [3.8, 4) is 11.5 Å². The van der Waals surface area contributed by atoms with Gasteiger partial charge in [0.2, 0.25) is 0 Å². The van der Waals surface area contributed by atoms with Gasteiger partial charge in [0.05, 0.1) is 17.2 Å². The van der Waals surface area contributed by atoms with E-state index in [2.05, 4.69) is 15.9 Å². The Bertz CT molecular complexity index is 425. The van der Waals surface area contributed by atoms with E-state index in [0.29, 0.717) is 23.7 Å². The smallest absolute Gasteiger partial charge is 0.175 e. The number of hydrogen-bond acceptors (Lipinski definition) is 3. The van der Waals surface area contributed by atoms with Crippen molar-refractivity contribution in [1.29, 1.82) is 0 Å². The molecule has 0 spiro atoms. The molecule has 0 N–H and O–H groups in total. The van der Waals surface area contributed by atoms with Gasteiger partial charge < -0.3 is 9.47 Å². The molecule has 1 aromatic carbocycles. The summed E-state index contributed by atoms with van der Waals surface area (Å²) in [5.74, 6) is 1.36. The first-order valence-electron chi connectivity index (χ1n) is 6.32. The number of carbonyl (C=O) groups is 1. The molecule has 4 heteroatoms. The predicted molar refractivity (Wildman–Crippen MR) is 73.6 cm³/mol. The maximum Gasteiger partial charge on any atom is 0.175 e. The van der Waals surface area contributed by atoms with E-state index >= 15 is 0 Å². The monoisotopic (exact) mass is 312 g/mol. The van der Waals surface area contributed by atoms with Gasteiger partial charge in [-0.25, -0.2) is 0 Å². The van der Waals surface area contributed by atoms with Crippen LogP contribution in [0.4, 0.5) is 0 Å². The third-order valence-corrected chi connectivity index (χ3v) is 3.64. The van der Waals surface area contributed by atoms with Crippen LogP contribution in [0.25, 0.3) is 0 Å². The van der Waals surface area contributed by atoms with E-state index in [1.165, 1.54) is 12.8 Å². The Hall–Kier alpha value is -1.03. The highest BCUT2D eigenvalue weighted by atomic mass is 79.9. The summed E-state index contributed by atoms with van der Waals surface area (Å²) in [6, 6.07) is 3.49. The first-order chi connectivity index (χ1) is 8.74. The predicted octanol–water partition coefficient (Wildman–Crippen LogP) is 3.98. The topological polar surface area (TPSA) is 35.5 Å². The molecule has 1 saturated carbocycles. The van der Waals surface area contributed by atoms with Crippen LogP contribution in [0.2, 0.25) is 0 Å². The Morgan fingerprint density at radius 3 is 2.72 bits per heavy atom. The van der Waals surface area contributed by atoms with Crippen LogP contribution in [0.1, 0.15) is 43.0 Å². The standard InChI is InChI=1S/C14H17BrO3/c1-2-17-13-8-10(9-16)7-12(15)14(13)18-11-5-3-4-6-11/h7-9,11H,2-6H2,1H3. The second kappa shape index (κ2) is 6.23. The summed E-state index contributed by atoms with van der Waals surface area (Å²) in [6.07, 6.45) is 5.70.